The number of carbonyl (C=O) groups excluding carboxylic acids is 1. The number of ketones is 1. The second-order valence-electron chi connectivity index (χ2n) is 2.32. The van der Waals surface area contributed by atoms with Crippen molar-refractivity contribution >= 4 is 5.78 Å². The fraction of sp³-hybridized carbons (Fsp3) is 0.429. The number of hydrogen-bond acceptors (Lipinski definition) is 4. The molecule has 1 aliphatic rings. The van der Waals surface area contributed by atoms with Gasteiger partial charge in [0.15, 0.2) is 11.5 Å². The first kappa shape index (κ1) is 7.61. The number of carbonyl (C=O) groups is 1. The van der Waals surface area contributed by atoms with Crippen LogP contribution >= 0.6 is 0 Å². The minimum absolute atomic E-state index is 0.126. The van der Waals surface area contributed by atoms with Gasteiger partial charge < -0.3 is 0 Å². The second kappa shape index (κ2) is 2.62. The van der Waals surface area contributed by atoms with E-state index >= 15 is 0 Å². The average molecular weight is 149 g/mol. The molecule has 0 spiro atoms. The van der Waals surface area contributed by atoms with Gasteiger partial charge in [0.05, 0.1) is 11.6 Å². The molecule has 0 amide bonds. The summed E-state index contributed by atoms with van der Waals surface area (Å²) in [5.41, 5.74) is 0.581. The highest BCUT2D eigenvalue weighted by Crippen LogP contribution is 2.21. The van der Waals surface area contributed by atoms with Crippen LogP contribution in [-0.4, -0.2) is 11.8 Å². The zero-order valence-electron chi connectivity index (χ0n) is 6.33. The first-order chi connectivity index (χ1) is 5.16. The number of rotatable bonds is 1. The fourth-order valence-corrected chi connectivity index (χ4v) is 0.997. The summed E-state index contributed by atoms with van der Waals surface area (Å²) < 4.78 is 0. The van der Waals surface area contributed by atoms with E-state index in [4.69, 9.17) is 5.26 Å². The van der Waals surface area contributed by atoms with Gasteiger partial charge in [-0.3, -0.25) is 4.79 Å². The molecule has 1 atom stereocenters. The van der Waals surface area contributed by atoms with E-state index in [-0.39, 0.29) is 17.5 Å². The minimum atomic E-state index is -0.248. The van der Waals surface area contributed by atoms with Crippen LogP contribution in [-0.2, 0) is 4.79 Å². The van der Waals surface area contributed by atoms with Crippen molar-refractivity contribution in [2.24, 2.45) is 10.2 Å². The Balaban J connectivity index is 3.10. The zero-order chi connectivity index (χ0) is 8.43. The first-order valence-electron chi connectivity index (χ1n) is 3.23. The Bertz CT molecular complexity index is 295. The summed E-state index contributed by atoms with van der Waals surface area (Å²) in [5.74, 6) is -0.126. The Labute approximate surface area is 64.2 Å². The summed E-state index contributed by atoms with van der Waals surface area (Å²) in [7, 11) is 0. The Morgan fingerprint density at radius 1 is 1.73 bits per heavy atom. The molecule has 0 aromatic rings. The lowest BCUT2D eigenvalue weighted by molar-refractivity contribution is -0.113. The van der Waals surface area contributed by atoms with Gasteiger partial charge in [-0.25, -0.2) is 0 Å². The van der Waals surface area contributed by atoms with Gasteiger partial charge in [-0.1, -0.05) is 0 Å². The maximum absolute atomic E-state index is 10.9. The Morgan fingerprint density at radius 2 is 2.36 bits per heavy atom. The van der Waals surface area contributed by atoms with Crippen LogP contribution in [0.5, 0.6) is 0 Å². The van der Waals surface area contributed by atoms with Crippen LogP contribution in [0.1, 0.15) is 13.8 Å². The fourth-order valence-electron chi connectivity index (χ4n) is 0.997. The lowest BCUT2D eigenvalue weighted by Crippen LogP contribution is -2.08. The third kappa shape index (κ3) is 1.17. The van der Waals surface area contributed by atoms with Gasteiger partial charge >= 0.3 is 0 Å². The molecule has 0 N–H and O–H groups in total. The Morgan fingerprint density at radius 3 is 2.73 bits per heavy atom. The van der Waals surface area contributed by atoms with Crippen LogP contribution in [0.3, 0.4) is 0 Å². The van der Waals surface area contributed by atoms with E-state index in [2.05, 4.69) is 10.2 Å². The molecule has 56 valence electrons. The van der Waals surface area contributed by atoms with Crippen LogP contribution in [0.4, 0.5) is 0 Å². The maximum atomic E-state index is 10.9. The van der Waals surface area contributed by atoms with Crippen LogP contribution in [0.25, 0.3) is 0 Å². The molecule has 0 saturated heterocycles. The predicted octanol–water partition coefficient (Wildman–Crippen LogP) is 1.21. The van der Waals surface area contributed by atoms with Gasteiger partial charge in [0.2, 0.25) is 0 Å². The largest absolute Gasteiger partial charge is 0.295 e. The van der Waals surface area contributed by atoms with Crippen molar-refractivity contribution in [1.29, 1.82) is 5.26 Å². The summed E-state index contributed by atoms with van der Waals surface area (Å²) in [6.45, 7) is 3.16. The van der Waals surface area contributed by atoms with Crippen LogP contribution in [0, 0.1) is 11.3 Å². The van der Waals surface area contributed by atoms with Crippen molar-refractivity contribution in [2.45, 2.75) is 19.9 Å². The van der Waals surface area contributed by atoms with Crippen LogP contribution in [0.15, 0.2) is 21.5 Å². The van der Waals surface area contributed by atoms with Crippen molar-refractivity contribution < 1.29 is 4.79 Å². The second-order valence-corrected chi connectivity index (χ2v) is 2.32. The number of Topliss-reactive ketones (excluding diaryl/α,β-unsaturated/α-hetero) is 1. The van der Waals surface area contributed by atoms with Gasteiger partial charge in [-0.15, -0.1) is 5.11 Å². The van der Waals surface area contributed by atoms with E-state index in [0.717, 1.165) is 0 Å². The third-order valence-electron chi connectivity index (χ3n) is 1.49. The normalized spacial score (nSPS) is 22.1. The summed E-state index contributed by atoms with van der Waals surface area (Å²) in [5, 5.41) is 15.7. The van der Waals surface area contributed by atoms with Gasteiger partial charge in [-0.05, 0) is 13.8 Å². The molecule has 0 radical (unpaired) electrons. The smallest absolute Gasteiger partial charge is 0.171 e. The van der Waals surface area contributed by atoms with Crippen molar-refractivity contribution in [3.63, 3.8) is 0 Å². The highest BCUT2D eigenvalue weighted by molar-refractivity contribution is 5.96. The summed E-state index contributed by atoms with van der Waals surface area (Å²) in [6.07, 6.45) is 0. The van der Waals surface area contributed by atoms with Crippen LogP contribution in [0.2, 0.25) is 0 Å². The van der Waals surface area contributed by atoms with Crippen molar-refractivity contribution in [1.82, 2.24) is 0 Å². The molecule has 0 fully saturated rings. The van der Waals surface area contributed by atoms with Gasteiger partial charge in [0, 0.05) is 0 Å². The van der Waals surface area contributed by atoms with E-state index < -0.39 is 0 Å². The molecule has 0 bridgehead atoms. The van der Waals surface area contributed by atoms with E-state index in [0.29, 0.717) is 5.57 Å². The topological polar surface area (TPSA) is 65.6 Å². The minimum Gasteiger partial charge on any atom is -0.295 e. The van der Waals surface area contributed by atoms with Gasteiger partial charge in [0.1, 0.15) is 6.07 Å². The monoisotopic (exact) mass is 149 g/mol. The first-order valence-corrected chi connectivity index (χ1v) is 3.23. The van der Waals surface area contributed by atoms with E-state index in [1.54, 1.807) is 6.92 Å². The number of nitrogens with zero attached hydrogens (tertiary/aromatic N) is 3. The molecule has 1 heterocycles. The lowest BCUT2D eigenvalue weighted by Gasteiger charge is -1.98. The molecule has 0 aliphatic carbocycles. The number of nitriles is 1. The number of azo groups is 1. The van der Waals surface area contributed by atoms with Crippen molar-refractivity contribution in [3.05, 3.63) is 11.3 Å². The highest BCUT2D eigenvalue weighted by Gasteiger charge is 2.23. The lowest BCUT2D eigenvalue weighted by atomic mass is 10.1. The molecule has 1 aliphatic heterocycles. The molecular formula is C7H7N3O. The summed E-state index contributed by atoms with van der Waals surface area (Å²) in [4.78, 5) is 10.9. The molecule has 11 heavy (non-hydrogen) atoms. The number of allylic oxidation sites excluding steroid dienone is 1. The van der Waals surface area contributed by atoms with Crippen LogP contribution < -0.4 is 0 Å². The standard InChI is InChI=1S/C7H7N3O/c1-4-7(5(2)11)6(3-8)10-9-4/h4H,1-2H3. The van der Waals surface area contributed by atoms with Crippen molar-refractivity contribution in [2.75, 3.05) is 0 Å². The Kier molecular flexibility index (Phi) is 1.81. The molecule has 0 aromatic heterocycles. The van der Waals surface area contributed by atoms with Crippen molar-refractivity contribution in [3.8, 4) is 6.07 Å². The highest BCUT2D eigenvalue weighted by atomic mass is 16.1. The SMILES string of the molecule is CC(=O)C1=C(C#N)N=NC1C. The third-order valence-corrected chi connectivity index (χ3v) is 1.49. The molecule has 4 heteroatoms. The zero-order valence-corrected chi connectivity index (χ0v) is 6.33. The molecule has 0 aromatic carbocycles. The molecule has 1 unspecified atom stereocenters. The van der Waals surface area contributed by atoms with E-state index in [1.807, 2.05) is 6.07 Å². The van der Waals surface area contributed by atoms with Gasteiger partial charge in [-0.2, -0.15) is 10.4 Å². The average Bonchev–Trinajstić information content (AvgIpc) is 2.30. The maximum Gasteiger partial charge on any atom is 0.171 e. The molecule has 1 rings (SSSR count). The quantitative estimate of drug-likeness (QED) is 0.562. The number of hydrogen-bond donors (Lipinski definition) is 0. The molecule has 4 nitrogen and oxygen atoms in total. The van der Waals surface area contributed by atoms with E-state index in [9.17, 15) is 4.79 Å². The summed E-state index contributed by atoms with van der Waals surface area (Å²) in [6, 6.07) is 1.58. The molecular weight excluding hydrogens is 142 g/mol. The van der Waals surface area contributed by atoms with Gasteiger partial charge in [0.25, 0.3) is 0 Å². The molecule has 0 saturated carbocycles. The summed E-state index contributed by atoms with van der Waals surface area (Å²) >= 11 is 0. The van der Waals surface area contributed by atoms with E-state index in [1.165, 1.54) is 6.92 Å². The Hall–Kier alpha value is -1.50. The predicted molar refractivity (Wildman–Crippen MR) is 37.6 cm³/mol.